The van der Waals surface area contributed by atoms with Crippen molar-refractivity contribution in [3.63, 3.8) is 0 Å². The number of aryl methyl sites for hydroxylation is 1. The van der Waals surface area contributed by atoms with E-state index >= 15 is 0 Å². The molecule has 0 saturated heterocycles. The molecule has 208 valence electrons. The first kappa shape index (κ1) is 28.6. The molecule has 2 nitrogen and oxygen atoms in total. The first-order valence-corrected chi connectivity index (χ1v) is 14.5. The standard InChI is InChI=1S/C32H40F4O2/c1-3-5-7-23-14-17-25(29(34)28(23)33)22-12-15-24(16-13-22)38-32(37)27-19-18-26(30(35)31(27)36)21-10-8-20(6-4-2)9-11-21/h14,17-22,24H,3-13,15-16H2,1-2H3. The number of carbonyl (C=O) groups excluding carboxylic acids is 1. The Morgan fingerprint density at radius 1 is 0.737 bits per heavy atom. The number of hydrogen-bond donors (Lipinski definition) is 0. The first-order valence-electron chi connectivity index (χ1n) is 14.5. The average Bonchev–Trinajstić information content (AvgIpc) is 2.92. The maximum atomic E-state index is 15.0. The lowest BCUT2D eigenvalue weighted by atomic mass is 9.77. The van der Waals surface area contributed by atoms with Crippen molar-refractivity contribution in [1.82, 2.24) is 0 Å². The molecule has 0 aliphatic heterocycles. The molecule has 0 N–H and O–H groups in total. The lowest BCUT2D eigenvalue weighted by Crippen LogP contribution is -2.25. The summed E-state index contributed by atoms with van der Waals surface area (Å²) in [5.74, 6) is -4.03. The number of rotatable bonds is 9. The second kappa shape index (κ2) is 13.1. The number of benzene rings is 2. The highest BCUT2D eigenvalue weighted by Gasteiger charge is 2.31. The summed E-state index contributed by atoms with van der Waals surface area (Å²) in [6, 6.07) is 6.24. The van der Waals surface area contributed by atoms with Gasteiger partial charge in [0, 0.05) is 0 Å². The topological polar surface area (TPSA) is 26.3 Å². The minimum absolute atomic E-state index is 0.0242. The second-order valence-corrected chi connectivity index (χ2v) is 11.3. The number of unbranched alkanes of at least 4 members (excludes halogenated alkanes) is 1. The maximum absolute atomic E-state index is 15.0. The normalized spacial score (nSPS) is 23.8. The van der Waals surface area contributed by atoms with Crippen LogP contribution in [0.25, 0.3) is 0 Å². The van der Waals surface area contributed by atoms with Crippen LogP contribution in [0.1, 0.15) is 130 Å². The molecule has 0 unspecified atom stereocenters. The summed E-state index contributed by atoms with van der Waals surface area (Å²) in [7, 11) is 0. The monoisotopic (exact) mass is 532 g/mol. The highest BCUT2D eigenvalue weighted by atomic mass is 19.2. The molecule has 2 aromatic carbocycles. The number of ether oxygens (including phenoxy) is 1. The van der Waals surface area contributed by atoms with Crippen molar-refractivity contribution in [3.8, 4) is 0 Å². The Balaban J connectivity index is 1.34. The summed E-state index contributed by atoms with van der Waals surface area (Å²) in [5, 5.41) is 0. The minimum atomic E-state index is -1.14. The molecule has 0 radical (unpaired) electrons. The van der Waals surface area contributed by atoms with Gasteiger partial charge in [0.2, 0.25) is 0 Å². The van der Waals surface area contributed by atoms with E-state index < -0.39 is 35.3 Å². The van der Waals surface area contributed by atoms with Crippen molar-refractivity contribution in [2.75, 3.05) is 0 Å². The Kier molecular flexibility index (Phi) is 9.89. The zero-order valence-corrected chi connectivity index (χ0v) is 22.6. The van der Waals surface area contributed by atoms with E-state index in [1.165, 1.54) is 18.6 Å². The van der Waals surface area contributed by atoms with Crippen LogP contribution in [-0.2, 0) is 11.2 Å². The predicted molar refractivity (Wildman–Crippen MR) is 141 cm³/mol. The van der Waals surface area contributed by atoms with Gasteiger partial charge in [-0.3, -0.25) is 0 Å². The molecule has 2 aliphatic carbocycles. The van der Waals surface area contributed by atoms with Gasteiger partial charge in [0.1, 0.15) is 6.10 Å². The third-order valence-electron chi connectivity index (χ3n) is 8.70. The molecule has 4 rings (SSSR count). The highest BCUT2D eigenvalue weighted by molar-refractivity contribution is 5.90. The molecular weight excluding hydrogens is 492 g/mol. The zero-order valence-electron chi connectivity index (χ0n) is 22.6. The predicted octanol–water partition coefficient (Wildman–Crippen LogP) is 9.54. The number of halogens is 4. The van der Waals surface area contributed by atoms with E-state index in [-0.39, 0.29) is 17.4 Å². The van der Waals surface area contributed by atoms with Gasteiger partial charge in [0.25, 0.3) is 0 Å². The van der Waals surface area contributed by atoms with Crippen LogP contribution in [0.15, 0.2) is 24.3 Å². The van der Waals surface area contributed by atoms with Crippen LogP contribution in [0.4, 0.5) is 17.6 Å². The molecule has 0 atom stereocenters. The minimum Gasteiger partial charge on any atom is -0.459 e. The van der Waals surface area contributed by atoms with Gasteiger partial charge in [0.05, 0.1) is 5.56 Å². The van der Waals surface area contributed by atoms with Crippen molar-refractivity contribution in [1.29, 1.82) is 0 Å². The van der Waals surface area contributed by atoms with Crippen LogP contribution in [0.5, 0.6) is 0 Å². The van der Waals surface area contributed by atoms with Crippen molar-refractivity contribution in [2.24, 2.45) is 5.92 Å². The van der Waals surface area contributed by atoms with Gasteiger partial charge in [-0.15, -0.1) is 0 Å². The fourth-order valence-corrected chi connectivity index (χ4v) is 6.39. The molecule has 0 spiro atoms. The summed E-state index contributed by atoms with van der Waals surface area (Å²) >= 11 is 0. The largest absolute Gasteiger partial charge is 0.459 e. The average molecular weight is 533 g/mol. The molecule has 0 aromatic heterocycles. The molecule has 0 heterocycles. The summed E-state index contributed by atoms with van der Waals surface area (Å²) in [4.78, 5) is 12.7. The van der Waals surface area contributed by atoms with E-state index in [9.17, 15) is 22.4 Å². The lowest BCUT2D eigenvalue weighted by Gasteiger charge is -2.30. The van der Waals surface area contributed by atoms with Crippen molar-refractivity contribution in [2.45, 2.75) is 115 Å². The van der Waals surface area contributed by atoms with Crippen LogP contribution in [0.2, 0.25) is 0 Å². The van der Waals surface area contributed by atoms with Crippen LogP contribution in [0, 0.1) is 29.2 Å². The first-order chi connectivity index (χ1) is 18.3. The lowest BCUT2D eigenvalue weighted by molar-refractivity contribution is 0.0188. The number of carbonyl (C=O) groups is 1. The molecule has 6 heteroatoms. The van der Waals surface area contributed by atoms with Gasteiger partial charge in [-0.2, -0.15) is 0 Å². The van der Waals surface area contributed by atoms with Crippen LogP contribution < -0.4 is 0 Å². The van der Waals surface area contributed by atoms with E-state index in [1.807, 2.05) is 6.92 Å². The maximum Gasteiger partial charge on any atom is 0.341 e. The Bertz CT molecular complexity index is 1100. The van der Waals surface area contributed by atoms with Gasteiger partial charge >= 0.3 is 5.97 Å². The van der Waals surface area contributed by atoms with Crippen LogP contribution in [0.3, 0.4) is 0 Å². The van der Waals surface area contributed by atoms with Gasteiger partial charge in [-0.1, -0.05) is 51.3 Å². The molecule has 2 aromatic rings. The molecular formula is C32H40F4O2. The van der Waals surface area contributed by atoms with Crippen LogP contribution >= 0.6 is 0 Å². The third kappa shape index (κ3) is 6.43. The van der Waals surface area contributed by atoms with E-state index in [0.29, 0.717) is 54.7 Å². The van der Waals surface area contributed by atoms with Crippen LogP contribution in [-0.4, -0.2) is 12.1 Å². The highest BCUT2D eigenvalue weighted by Crippen LogP contribution is 2.40. The van der Waals surface area contributed by atoms with Crippen molar-refractivity contribution in [3.05, 3.63) is 69.8 Å². The Morgan fingerprint density at radius 2 is 1.32 bits per heavy atom. The van der Waals surface area contributed by atoms with E-state index in [0.717, 1.165) is 44.9 Å². The van der Waals surface area contributed by atoms with Gasteiger partial charge in [-0.05, 0) is 105 Å². The smallest absolute Gasteiger partial charge is 0.341 e. The van der Waals surface area contributed by atoms with Crippen molar-refractivity contribution < 1.29 is 27.1 Å². The summed E-state index contributed by atoms with van der Waals surface area (Å²) in [5.41, 5.74) is 0.730. The summed E-state index contributed by atoms with van der Waals surface area (Å²) in [6.45, 7) is 4.17. The number of esters is 1. The van der Waals surface area contributed by atoms with Gasteiger partial charge < -0.3 is 4.74 Å². The Morgan fingerprint density at radius 3 is 1.92 bits per heavy atom. The summed E-state index contributed by atoms with van der Waals surface area (Å²) in [6.07, 6.45) is 9.75. The van der Waals surface area contributed by atoms with E-state index in [2.05, 4.69) is 6.92 Å². The third-order valence-corrected chi connectivity index (χ3v) is 8.70. The molecule has 0 amide bonds. The fraction of sp³-hybridized carbons (Fsp3) is 0.594. The zero-order chi connectivity index (χ0) is 27.2. The van der Waals surface area contributed by atoms with Crippen molar-refractivity contribution >= 4 is 5.97 Å². The SMILES string of the molecule is CCCCc1ccc(C2CCC(OC(=O)c3ccc(C4CCC(CCC)CC4)c(F)c3F)CC2)c(F)c1F. The van der Waals surface area contributed by atoms with E-state index in [1.54, 1.807) is 12.1 Å². The van der Waals surface area contributed by atoms with Gasteiger partial charge in [-0.25, -0.2) is 22.4 Å². The molecule has 2 fully saturated rings. The Labute approximate surface area is 224 Å². The quantitative estimate of drug-likeness (QED) is 0.237. The molecule has 38 heavy (non-hydrogen) atoms. The molecule has 0 bridgehead atoms. The fourth-order valence-electron chi connectivity index (χ4n) is 6.39. The number of hydrogen-bond acceptors (Lipinski definition) is 2. The van der Waals surface area contributed by atoms with Gasteiger partial charge in [0.15, 0.2) is 23.3 Å². The Hall–Kier alpha value is -2.37. The summed E-state index contributed by atoms with van der Waals surface area (Å²) < 4.78 is 64.8. The second-order valence-electron chi connectivity index (χ2n) is 11.3. The molecule has 2 saturated carbocycles. The van der Waals surface area contributed by atoms with E-state index in [4.69, 9.17) is 4.74 Å². The molecule has 2 aliphatic rings.